The van der Waals surface area contributed by atoms with Crippen LogP contribution in [-0.4, -0.2) is 11.8 Å². The molecule has 0 heterocycles. The number of anilines is 4. The van der Waals surface area contributed by atoms with E-state index in [9.17, 15) is 9.59 Å². The summed E-state index contributed by atoms with van der Waals surface area (Å²) in [6.45, 7) is 1.90. The van der Waals surface area contributed by atoms with Crippen molar-refractivity contribution >= 4 is 46.2 Å². The number of halogens is 1. The molecule has 0 aliphatic carbocycles. The molecule has 0 spiro atoms. The van der Waals surface area contributed by atoms with E-state index in [0.29, 0.717) is 38.9 Å². The molecule has 0 aliphatic rings. The number of hydrogen-bond acceptors (Lipinski definition) is 3. The topological polar surface area (TPSA) is 70.2 Å². The van der Waals surface area contributed by atoms with Crippen LogP contribution in [0.15, 0.2) is 97.1 Å². The van der Waals surface area contributed by atoms with Gasteiger partial charge in [0.2, 0.25) is 0 Å². The van der Waals surface area contributed by atoms with Gasteiger partial charge in [-0.3, -0.25) is 4.79 Å². The summed E-state index contributed by atoms with van der Waals surface area (Å²) in [7, 11) is 0. The monoisotopic (exact) mass is 455 g/mol. The summed E-state index contributed by atoms with van der Waals surface area (Å²) >= 11 is 6.47. The normalized spacial score (nSPS) is 10.4. The number of nitrogens with one attached hydrogen (secondary N) is 3. The third kappa shape index (κ3) is 5.40. The van der Waals surface area contributed by atoms with Gasteiger partial charge in [0.15, 0.2) is 5.78 Å². The smallest absolute Gasteiger partial charge is 0.323 e. The summed E-state index contributed by atoms with van der Waals surface area (Å²) in [6.07, 6.45) is 0. The van der Waals surface area contributed by atoms with Crippen molar-refractivity contribution in [1.29, 1.82) is 0 Å². The second kappa shape index (κ2) is 10.0. The van der Waals surface area contributed by atoms with Crippen LogP contribution in [0, 0.1) is 6.92 Å². The zero-order valence-electron chi connectivity index (χ0n) is 17.9. The van der Waals surface area contributed by atoms with Gasteiger partial charge in [0.25, 0.3) is 0 Å². The maximum absolute atomic E-state index is 12.9. The average Bonchev–Trinajstić information content (AvgIpc) is 2.81. The SMILES string of the molecule is Cc1ccccc1C(=O)c1ccc(Nc2ccccc2NC(=O)Nc2ccccc2)cc1Cl. The molecule has 0 aliphatic heterocycles. The van der Waals surface area contributed by atoms with Crippen molar-refractivity contribution in [3.8, 4) is 0 Å². The van der Waals surface area contributed by atoms with Gasteiger partial charge in [0, 0.05) is 22.5 Å². The minimum absolute atomic E-state index is 0.121. The number of carbonyl (C=O) groups is 2. The largest absolute Gasteiger partial charge is 0.354 e. The summed E-state index contributed by atoms with van der Waals surface area (Å²) in [6, 6.07) is 28.8. The molecule has 6 heteroatoms. The highest BCUT2D eigenvalue weighted by molar-refractivity contribution is 6.35. The van der Waals surface area contributed by atoms with E-state index in [0.717, 1.165) is 5.56 Å². The van der Waals surface area contributed by atoms with Gasteiger partial charge in [0.05, 0.1) is 16.4 Å². The van der Waals surface area contributed by atoms with Crippen LogP contribution in [0.25, 0.3) is 0 Å². The van der Waals surface area contributed by atoms with Crippen LogP contribution in [0.5, 0.6) is 0 Å². The van der Waals surface area contributed by atoms with Crippen molar-refractivity contribution in [2.75, 3.05) is 16.0 Å². The maximum Gasteiger partial charge on any atom is 0.323 e. The second-order valence-corrected chi connectivity index (χ2v) is 7.86. The third-order valence-electron chi connectivity index (χ3n) is 5.09. The molecular formula is C27H22ClN3O2. The van der Waals surface area contributed by atoms with Crippen LogP contribution in [-0.2, 0) is 0 Å². The number of amides is 2. The minimum Gasteiger partial charge on any atom is -0.354 e. The first kappa shape index (κ1) is 22.1. The highest BCUT2D eigenvalue weighted by atomic mass is 35.5. The molecule has 5 nitrogen and oxygen atoms in total. The van der Waals surface area contributed by atoms with E-state index >= 15 is 0 Å². The fourth-order valence-electron chi connectivity index (χ4n) is 3.41. The molecular weight excluding hydrogens is 434 g/mol. The summed E-state index contributed by atoms with van der Waals surface area (Å²) < 4.78 is 0. The molecule has 2 amide bonds. The number of carbonyl (C=O) groups excluding carboxylic acids is 2. The number of hydrogen-bond donors (Lipinski definition) is 3. The zero-order chi connectivity index (χ0) is 23.2. The summed E-state index contributed by atoms with van der Waals surface area (Å²) in [5, 5.41) is 9.26. The quantitative estimate of drug-likeness (QED) is 0.268. The van der Waals surface area contributed by atoms with E-state index in [1.807, 2.05) is 73.7 Å². The molecule has 0 saturated carbocycles. The second-order valence-electron chi connectivity index (χ2n) is 7.45. The van der Waals surface area contributed by atoms with Gasteiger partial charge in [-0.15, -0.1) is 0 Å². The van der Waals surface area contributed by atoms with Gasteiger partial charge in [-0.25, -0.2) is 4.79 Å². The highest BCUT2D eigenvalue weighted by Gasteiger charge is 2.15. The average molecular weight is 456 g/mol. The van der Waals surface area contributed by atoms with Gasteiger partial charge < -0.3 is 16.0 Å². The molecule has 0 unspecified atom stereocenters. The Morgan fingerprint density at radius 2 is 1.33 bits per heavy atom. The molecule has 0 radical (unpaired) electrons. The fraction of sp³-hybridized carbons (Fsp3) is 0.0370. The molecule has 0 aromatic heterocycles. The molecule has 0 saturated heterocycles. The van der Waals surface area contributed by atoms with Crippen molar-refractivity contribution in [3.05, 3.63) is 119 Å². The molecule has 0 atom stereocenters. The number of ketones is 1. The molecule has 3 N–H and O–H groups in total. The Morgan fingerprint density at radius 1 is 0.667 bits per heavy atom. The van der Waals surface area contributed by atoms with E-state index in [1.54, 1.807) is 30.3 Å². The van der Waals surface area contributed by atoms with Crippen LogP contribution in [0.4, 0.5) is 27.5 Å². The van der Waals surface area contributed by atoms with Crippen LogP contribution in [0.3, 0.4) is 0 Å². The lowest BCUT2D eigenvalue weighted by Gasteiger charge is -2.15. The first-order chi connectivity index (χ1) is 16.0. The van der Waals surface area contributed by atoms with Crippen molar-refractivity contribution in [3.63, 3.8) is 0 Å². The summed E-state index contributed by atoms with van der Waals surface area (Å²) in [5.41, 5.74) is 4.64. The number of aryl methyl sites for hydroxylation is 1. The summed E-state index contributed by atoms with van der Waals surface area (Å²) in [4.78, 5) is 25.3. The lowest BCUT2D eigenvalue weighted by Crippen LogP contribution is -2.19. The number of urea groups is 1. The van der Waals surface area contributed by atoms with Gasteiger partial charge in [-0.05, 0) is 55.0 Å². The number of benzene rings is 4. The van der Waals surface area contributed by atoms with E-state index in [4.69, 9.17) is 11.6 Å². The first-order valence-electron chi connectivity index (χ1n) is 10.4. The fourth-order valence-corrected chi connectivity index (χ4v) is 3.68. The third-order valence-corrected chi connectivity index (χ3v) is 5.40. The van der Waals surface area contributed by atoms with Crippen molar-refractivity contribution in [2.45, 2.75) is 6.92 Å². The van der Waals surface area contributed by atoms with Gasteiger partial charge in [0.1, 0.15) is 0 Å². The maximum atomic E-state index is 12.9. The van der Waals surface area contributed by atoms with Crippen molar-refractivity contribution in [2.24, 2.45) is 0 Å². The molecule has 164 valence electrons. The van der Waals surface area contributed by atoms with Crippen LogP contribution in [0.2, 0.25) is 5.02 Å². The molecule has 0 bridgehead atoms. The molecule has 4 aromatic rings. The number of para-hydroxylation sites is 3. The van der Waals surface area contributed by atoms with Gasteiger partial charge >= 0.3 is 6.03 Å². The van der Waals surface area contributed by atoms with E-state index in [-0.39, 0.29) is 11.8 Å². The lowest BCUT2D eigenvalue weighted by molar-refractivity contribution is 0.103. The Hall–Kier alpha value is -4.09. The molecule has 33 heavy (non-hydrogen) atoms. The van der Waals surface area contributed by atoms with E-state index < -0.39 is 0 Å². The summed E-state index contributed by atoms with van der Waals surface area (Å²) in [5.74, 6) is -0.121. The van der Waals surface area contributed by atoms with E-state index in [2.05, 4.69) is 16.0 Å². The Balaban J connectivity index is 1.50. The van der Waals surface area contributed by atoms with Crippen molar-refractivity contribution < 1.29 is 9.59 Å². The Kier molecular flexibility index (Phi) is 6.72. The first-order valence-corrected chi connectivity index (χ1v) is 10.8. The Labute approximate surface area is 197 Å². The molecule has 4 aromatic carbocycles. The Bertz CT molecular complexity index is 1310. The predicted molar refractivity (Wildman–Crippen MR) is 135 cm³/mol. The highest BCUT2D eigenvalue weighted by Crippen LogP contribution is 2.29. The molecule has 0 fully saturated rings. The van der Waals surface area contributed by atoms with Crippen molar-refractivity contribution in [1.82, 2.24) is 0 Å². The standard InChI is InChI=1S/C27H22ClN3O2/c1-18-9-5-6-12-21(18)26(32)22-16-15-20(17-23(22)28)29-24-13-7-8-14-25(24)31-27(33)30-19-10-3-2-4-11-19/h2-17,29H,1H3,(H2,30,31,33). The van der Waals surface area contributed by atoms with Gasteiger partial charge in [-0.2, -0.15) is 0 Å². The zero-order valence-corrected chi connectivity index (χ0v) is 18.7. The molecule has 4 rings (SSSR count). The predicted octanol–water partition coefficient (Wildman–Crippen LogP) is 7.27. The van der Waals surface area contributed by atoms with Crippen LogP contribution < -0.4 is 16.0 Å². The Morgan fingerprint density at radius 3 is 2.06 bits per heavy atom. The number of rotatable bonds is 6. The van der Waals surface area contributed by atoms with Crippen LogP contribution in [0.1, 0.15) is 21.5 Å². The lowest BCUT2D eigenvalue weighted by atomic mass is 9.99. The minimum atomic E-state index is -0.354. The van der Waals surface area contributed by atoms with Crippen LogP contribution >= 0.6 is 11.6 Å². The van der Waals surface area contributed by atoms with Gasteiger partial charge in [-0.1, -0.05) is 66.2 Å². The van der Waals surface area contributed by atoms with E-state index in [1.165, 1.54) is 0 Å².